The number of ether oxygens (including phenoxy) is 6. The monoisotopic (exact) mass is 540 g/mol. The summed E-state index contributed by atoms with van der Waals surface area (Å²) in [6, 6.07) is 0. The third-order valence-corrected chi connectivity index (χ3v) is 13.6. The third-order valence-electron chi connectivity index (χ3n) is 12.3. The molecule has 0 radical (unpaired) electrons. The number of hydrogen-bond acceptors (Lipinski definition) is 6. The average molecular weight is 541 g/mol. The van der Waals surface area contributed by atoms with Crippen molar-refractivity contribution in [2.45, 2.75) is 146 Å². The van der Waals surface area contributed by atoms with Gasteiger partial charge < -0.3 is 28.4 Å². The van der Waals surface area contributed by atoms with E-state index in [1.165, 1.54) is 6.42 Å². The molecule has 0 aromatic rings. The van der Waals surface area contributed by atoms with E-state index in [4.69, 9.17) is 28.4 Å². The molecule has 36 heavy (non-hydrogen) atoms. The van der Waals surface area contributed by atoms with E-state index >= 15 is 0 Å². The largest absolute Gasteiger partial charge is 0.343 e. The van der Waals surface area contributed by atoms with Gasteiger partial charge in [-0.15, -0.1) is 18.5 Å². The predicted molar refractivity (Wildman–Crippen MR) is 143 cm³/mol. The number of hydrogen-bond donors (Lipinski definition) is 0. The zero-order valence-electron chi connectivity index (χ0n) is 23.5. The lowest BCUT2D eigenvalue weighted by atomic mass is 9.29. The van der Waals surface area contributed by atoms with Crippen molar-refractivity contribution in [3.63, 3.8) is 0 Å². The van der Waals surface area contributed by atoms with E-state index in [0.717, 1.165) is 50.8 Å². The Balaban J connectivity index is 1.51. The SMILES string of the molecule is CC12CC3(C)OC(C)(CC(C)(O1)C3(CP)C1(C3(CP)C4(C)CC5(C)OC(C)(CC3(C)O5)O4)CCC1)O2. The van der Waals surface area contributed by atoms with Crippen molar-refractivity contribution >= 4 is 18.5 Å². The van der Waals surface area contributed by atoms with Gasteiger partial charge >= 0.3 is 0 Å². The normalized spacial score (nSPS) is 66.2. The minimum absolute atomic E-state index is 0.115. The zero-order chi connectivity index (χ0) is 26.1. The molecule has 204 valence electrons. The molecule has 0 spiro atoms. The highest BCUT2D eigenvalue weighted by Gasteiger charge is 2.90. The molecule has 6 nitrogen and oxygen atoms in total. The summed E-state index contributed by atoms with van der Waals surface area (Å²) in [7, 11) is 6.32. The van der Waals surface area contributed by atoms with Crippen molar-refractivity contribution in [2.24, 2.45) is 16.2 Å². The third kappa shape index (κ3) is 2.37. The summed E-state index contributed by atoms with van der Waals surface area (Å²) in [6.45, 7) is 17.9. The van der Waals surface area contributed by atoms with Crippen LogP contribution in [-0.4, -0.2) is 57.9 Å². The minimum atomic E-state index is -0.642. The molecule has 9 rings (SSSR count). The first-order valence-corrected chi connectivity index (χ1v) is 15.6. The maximum absolute atomic E-state index is 7.13. The lowest BCUT2D eigenvalue weighted by molar-refractivity contribution is -0.585. The molecule has 8 bridgehead atoms. The summed E-state index contributed by atoms with van der Waals surface area (Å²) in [5, 5.41) is 0. The van der Waals surface area contributed by atoms with Crippen molar-refractivity contribution in [3.8, 4) is 0 Å². The summed E-state index contributed by atoms with van der Waals surface area (Å²) in [5.74, 6) is -2.57. The van der Waals surface area contributed by atoms with Crippen LogP contribution in [0.3, 0.4) is 0 Å². The Morgan fingerprint density at radius 3 is 0.944 bits per heavy atom. The van der Waals surface area contributed by atoms with Crippen LogP contribution in [0.15, 0.2) is 0 Å². The maximum Gasteiger partial charge on any atom is 0.172 e. The van der Waals surface area contributed by atoms with Gasteiger partial charge in [-0.3, -0.25) is 0 Å². The standard InChI is InChI=1S/C28H46O6P2/c1-18-12-22(5)30-19(2,13-23(6,29-18)33-22)27(18,16-35)26(10-9-11-26)28(17-36)20(3)14-24(7)32-21(28,4)15-25(8,31-20)34-24/h9-17,35-36H2,1-8H3. The molecule has 8 saturated heterocycles. The van der Waals surface area contributed by atoms with Crippen LogP contribution in [0, 0.1) is 16.2 Å². The van der Waals surface area contributed by atoms with Crippen LogP contribution in [0.2, 0.25) is 0 Å². The van der Waals surface area contributed by atoms with Crippen molar-refractivity contribution in [1.29, 1.82) is 0 Å². The second-order valence-electron chi connectivity index (χ2n) is 14.9. The maximum atomic E-state index is 7.13. The van der Waals surface area contributed by atoms with E-state index in [1.54, 1.807) is 0 Å². The van der Waals surface area contributed by atoms with Crippen molar-refractivity contribution in [1.82, 2.24) is 0 Å². The fourth-order valence-electron chi connectivity index (χ4n) is 12.9. The van der Waals surface area contributed by atoms with E-state index < -0.39 is 45.6 Å². The Morgan fingerprint density at radius 1 is 0.472 bits per heavy atom. The molecular formula is C28H46O6P2. The quantitative estimate of drug-likeness (QED) is 0.438. The molecule has 1 saturated carbocycles. The first-order valence-electron chi connectivity index (χ1n) is 14.0. The topological polar surface area (TPSA) is 55.4 Å². The second-order valence-corrected chi connectivity index (χ2v) is 15.7. The zero-order valence-corrected chi connectivity index (χ0v) is 25.8. The van der Waals surface area contributed by atoms with Gasteiger partial charge in [-0.2, -0.15) is 0 Å². The Hall–Kier alpha value is 0.620. The molecule has 0 N–H and O–H groups in total. The van der Waals surface area contributed by atoms with Crippen LogP contribution >= 0.6 is 18.5 Å². The van der Waals surface area contributed by atoms with E-state index in [9.17, 15) is 0 Å². The van der Waals surface area contributed by atoms with Crippen LogP contribution in [-0.2, 0) is 28.4 Å². The van der Waals surface area contributed by atoms with Crippen LogP contribution in [0.4, 0.5) is 0 Å². The van der Waals surface area contributed by atoms with Gasteiger partial charge in [0.15, 0.2) is 23.1 Å². The van der Waals surface area contributed by atoms with Crippen LogP contribution in [0.5, 0.6) is 0 Å². The van der Waals surface area contributed by atoms with Crippen LogP contribution in [0.1, 0.15) is 100 Å². The van der Waals surface area contributed by atoms with Gasteiger partial charge in [0.05, 0.1) is 22.4 Å². The Bertz CT molecular complexity index is 875. The predicted octanol–water partition coefficient (Wildman–Crippen LogP) is 5.52. The molecule has 1 aliphatic carbocycles. The molecule has 8 aliphatic heterocycles. The first-order chi connectivity index (χ1) is 16.4. The van der Waals surface area contributed by atoms with Crippen LogP contribution < -0.4 is 0 Å². The van der Waals surface area contributed by atoms with Gasteiger partial charge in [-0.25, -0.2) is 0 Å². The lowest BCUT2D eigenvalue weighted by Gasteiger charge is -2.86. The highest BCUT2D eigenvalue weighted by atomic mass is 31.0. The van der Waals surface area contributed by atoms with Gasteiger partial charge in [0.25, 0.3) is 0 Å². The minimum Gasteiger partial charge on any atom is -0.343 e. The first kappa shape index (κ1) is 25.6. The summed E-state index contributed by atoms with van der Waals surface area (Å²) in [4.78, 5) is 0. The van der Waals surface area contributed by atoms with Gasteiger partial charge in [-0.1, -0.05) is 6.42 Å². The summed E-state index contributed by atoms with van der Waals surface area (Å²) < 4.78 is 41.4. The molecule has 10 unspecified atom stereocenters. The molecule has 0 amide bonds. The van der Waals surface area contributed by atoms with Crippen molar-refractivity contribution in [2.75, 3.05) is 12.3 Å². The Morgan fingerprint density at radius 2 is 0.750 bits per heavy atom. The lowest BCUT2D eigenvalue weighted by Crippen LogP contribution is -2.93. The summed E-state index contributed by atoms with van der Waals surface area (Å²) >= 11 is 0. The van der Waals surface area contributed by atoms with E-state index in [-0.39, 0.29) is 16.2 Å². The van der Waals surface area contributed by atoms with E-state index in [1.807, 2.05) is 0 Å². The molecule has 10 atom stereocenters. The van der Waals surface area contributed by atoms with Gasteiger partial charge in [0.1, 0.15) is 0 Å². The Labute approximate surface area is 221 Å². The van der Waals surface area contributed by atoms with Crippen molar-refractivity contribution < 1.29 is 28.4 Å². The van der Waals surface area contributed by atoms with Crippen LogP contribution in [0.25, 0.3) is 0 Å². The molecule has 9 aliphatic rings. The van der Waals surface area contributed by atoms with Gasteiger partial charge in [-0.05, 0) is 86.0 Å². The van der Waals surface area contributed by atoms with E-state index in [0.29, 0.717) is 0 Å². The van der Waals surface area contributed by atoms with E-state index in [2.05, 4.69) is 73.9 Å². The molecular weight excluding hydrogens is 494 g/mol. The fraction of sp³-hybridized carbons (Fsp3) is 1.00. The van der Waals surface area contributed by atoms with Crippen molar-refractivity contribution in [3.05, 3.63) is 0 Å². The summed E-state index contributed by atoms with van der Waals surface area (Å²) in [5.41, 5.74) is -2.32. The molecule has 8 heterocycles. The second kappa shape index (κ2) is 6.41. The summed E-state index contributed by atoms with van der Waals surface area (Å²) in [6.07, 6.45) is 8.13. The molecule has 9 fully saturated rings. The Kier molecular flexibility index (Phi) is 4.55. The highest BCUT2D eigenvalue weighted by Crippen LogP contribution is 2.85. The number of rotatable bonds is 4. The fourth-order valence-corrected chi connectivity index (χ4v) is 15.4. The molecule has 8 heteroatoms. The van der Waals surface area contributed by atoms with Gasteiger partial charge in [0.2, 0.25) is 0 Å². The average Bonchev–Trinajstić information content (AvgIpc) is 2.58. The molecule has 0 aromatic heterocycles. The molecule has 0 aromatic carbocycles. The smallest absolute Gasteiger partial charge is 0.172 e. The highest BCUT2D eigenvalue weighted by molar-refractivity contribution is 7.16. The van der Waals surface area contributed by atoms with Gasteiger partial charge in [0, 0.05) is 36.5 Å².